The number of hydrogen-bond donors (Lipinski definition) is 1. The van der Waals surface area contributed by atoms with Gasteiger partial charge in [-0.25, -0.2) is 4.57 Å². The molecule has 76 heavy (non-hydrogen) atoms. The predicted molar refractivity (Wildman–Crippen MR) is 325 cm³/mol. The topological polar surface area (TPSA) is 108 Å². The molecule has 0 aliphatic rings. The van der Waals surface area contributed by atoms with Crippen LogP contribution >= 0.6 is 7.82 Å². The zero-order valence-electron chi connectivity index (χ0n) is 48.2. The van der Waals surface area contributed by atoms with E-state index < -0.39 is 32.5 Å². The lowest BCUT2D eigenvalue weighted by Gasteiger charge is -2.24. The largest absolute Gasteiger partial charge is 0.472 e. The van der Waals surface area contributed by atoms with E-state index in [-0.39, 0.29) is 26.1 Å². The normalized spacial score (nSPS) is 14.6. The summed E-state index contributed by atoms with van der Waals surface area (Å²) in [5.74, 6) is -0.918. The molecule has 2 atom stereocenters. The van der Waals surface area contributed by atoms with Crippen LogP contribution in [0.4, 0.5) is 0 Å². The number of carbonyl (C=O) groups is 2. The molecule has 0 bridgehead atoms. The van der Waals surface area contributed by atoms with E-state index in [0.717, 1.165) is 116 Å². The zero-order chi connectivity index (χ0) is 55.6. The van der Waals surface area contributed by atoms with E-state index in [1.54, 1.807) is 0 Å². The molecular weight excluding hydrogens is 966 g/mol. The number of nitrogens with zero attached hydrogens (tertiary/aromatic N) is 1. The molecule has 426 valence electrons. The molecule has 0 fully saturated rings. The third-order valence-corrected chi connectivity index (χ3v) is 12.2. The Labute approximate surface area is 464 Å². The van der Waals surface area contributed by atoms with Crippen molar-refractivity contribution in [2.45, 2.75) is 187 Å². The van der Waals surface area contributed by atoms with E-state index in [9.17, 15) is 19.0 Å². The molecular formula is C66H105NO8P+. The Bertz CT molecular complexity index is 1880. The summed E-state index contributed by atoms with van der Waals surface area (Å²) in [6, 6.07) is 0. The number of quaternary nitrogens is 1. The molecule has 0 amide bonds. The van der Waals surface area contributed by atoms with Crippen molar-refractivity contribution < 1.29 is 42.1 Å². The predicted octanol–water partition coefficient (Wildman–Crippen LogP) is 18.3. The molecule has 0 saturated heterocycles. The van der Waals surface area contributed by atoms with Crippen molar-refractivity contribution in [2.75, 3.05) is 47.5 Å². The maximum Gasteiger partial charge on any atom is 0.472 e. The summed E-state index contributed by atoms with van der Waals surface area (Å²) in [6.07, 6.45) is 84.6. The van der Waals surface area contributed by atoms with E-state index >= 15 is 0 Å². The van der Waals surface area contributed by atoms with Crippen molar-refractivity contribution in [2.24, 2.45) is 0 Å². The second-order valence-corrected chi connectivity index (χ2v) is 21.0. The van der Waals surface area contributed by atoms with Crippen LogP contribution in [-0.4, -0.2) is 74.9 Å². The van der Waals surface area contributed by atoms with Gasteiger partial charge in [0.25, 0.3) is 0 Å². The lowest BCUT2D eigenvalue weighted by Crippen LogP contribution is -2.37. The van der Waals surface area contributed by atoms with Crippen LogP contribution in [0.15, 0.2) is 170 Å². The summed E-state index contributed by atoms with van der Waals surface area (Å²) in [5.41, 5.74) is 0. The van der Waals surface area contributed by atoms with Crippen molar-refractivity contribution >= 4 is 19.8 Å². The second kappa shape index (κ2) is 55.1. The third-order valence-electron chi connectivity index (χ3n) is 11.3. The lowest BCUT2D eigenvalue weighted by molar-refractivity contribution is -0.870. The van der Waals surface area contributed by atoms with Crippen molar-refractivity contribution in [1.29, 1.82) is 0 Å². The van der Waals surface area contributed by atoms with Crippen LogP contribution in [0.2, 0.25) is 0 Å². The number of rotatable bonds is 50. The highest BCUT2D eigenvalue weighted by atomic mass is 31.2. The van der Waals surface area contributed by atoms with Crippen molar-refractivity contribution in [3.63, 3.8) is 0 Å². The Kier molecular flexibility index (Phi) is 51.8. The number of phosphoric ester groups is 1. The molecule has 0 aromatic heterocycles. The van der Waals surface area contributed by atoms with Crippen LogP contribution in [0, 0.1) is 0 Å². The maximum atomic E-state index is 12.8. The highest BCUT2D eigenvalue weighted by Crippen LogP contribution is 2.43. The van der Waals surface area contributed by atoms with Gasteiger partial charge in [-0.15, -0.1) is 0 Å². The molecule has 9 nitrogen and oxygen atoms in total. The number of hydrogen-bond acceptors (Lipinski definition) is 7. The number of phosphoric acid groups is 1. The van der Waals surface area contributed by atoms with Gasteiger partial charge in [-0.1, -0.05) is 223 Å². The summed E-state index contributed by atoms with van der Waals surface area (Å²) in [6.45, 7) is 4.06. The van der Waals surface area contributed by atoms with E-state index in [1.165, 1.54) is 25.7 Å². The summed E-state index contributed by atoms with van der Waals surface area (Å²) >= 11 is 0. The molecule has 0 aliphatic heterocycles. The smallest absolute Gasteiger partial charge is 0.462 e. The Morgan fingerprint density at radius 3 is 1.11 bits per heavy atom. The lowest BCUT2D eigenvalue weighted by atomic mass is 10.1. The fourth-order valence-electron chi connectivity index (χ4n) is 6.88. The van der Waals surface area contributed by atoms with Crippen LogP contribution in [0.5, 0.6) is 0 Å². The van der Waals surface area contributed by atoms with Crippen LogP contribution < -0.4 is 0 Å². The molecule has 10 heteroatoms. The first-order valence-electron chi connectivity index (χ1n) is 28.9. The van der Waals surface area contributed by atoms with Crippen LogP contribution in [-0.2, 0) is 32.7 Å². The molecule has 1 N–H and O–H groups in total. The number of unbranched alkanes of at least 4 members (excludes halogenated alkanes) is 8. The SMILES string of the molecule is CC/C=C\C/C=C\C/C=C\C/C=C\C/C=C\C/C=C\C/C=C\C/C=C\C/C=C\C/C=C\CCCCCCCCCCC(=O)OC(COC(=O)CC/C=C\C/C=C\C/C=C\C/C=C\CC)COP(=O)(O)OCC[N+](C)(C)C. The van der Waals surface area contributed by atoms with Gasteiger partial charge in [-0.2, -0.15) is 0 Å². The molecule has 0 aromatic rings. The van der Waals surface area contributed by atoms with Gasteiger partial charge in [-0.05, 0) is 116 Å². The molecule has 0 heterocycles. The van der Waals surface area contributed by atoms with Gasteiger partial charge >= 0.3 is 19.8 Å². The Hall–Kier alpha value is -4.63. The fraction of sp³-hybridized carbons (Fsp3) is 0.545. The van der Waals surface area contributed by atoms with E-state index in [4.69, 9.17) is 18.5 Å². The third kappa shape index (κ3) is 58.6. The molecule has 0 saturated carbocycles. The number of carbonyl (C=O) groups excluding carboxylic acids is 2. The highest BCUT2D eigenvalue weighted by molar-refractivity contribution is 7.47. The summed E-state index contributed by atoms with van der Waals surface area (Å²) in [4.78, 5) is 35.5. The van der Waals surface area contributed by atoms with Crippen LogP contribution in [0.25, 0.3) is 0 Å². The number of ether oxygens (including phenoxy) is 2. The molecule has 0 aliphatic carbocycles. The minimum Gasteiger partial charge on any atom is -0.462 e. The van der Waals surface area contributed by atoms with Gasteiger partial charge in [0.1, 0.15) is 19.8 Å². The Morgan fingerprint density at radius 1 is 0.408 bits per heavy atom. The molecule has 0 aromatic carbocycles. The number of likely N-dealkylation sites (N-methyl/N-ethyl adjacent to an activating group) is 1. The molecule has 0 rings (SSSR count). The Balaban J connectivity index is 4.18. The fourth-order valence-corrected chi connectivity index (χ4v) is 7.62. The van der Waals surface area contributed by atoms with Gasteiger partial charge in [0.05, 0.1) is 27.7 Å². The summed E-state index contributed by atoms with van der Waals surface area (Å²) < 4.78 is 34.3. The van der Waals surface area contributed by atoms with Gasteiger partial charge in [-0.3, -0.25) is 18.6 Å². The van der Waals surface area contributed by atoms with Crippen molar-refractivity contribution in [3.8, 4) is 0 Å². The maximum absolute atomic E-state index is 12.8. The first-order valence-corrected chi connectivity index (χ1v) is 30.4. The molecule has 0 spiro atoms. The minimum atomic E-state index is -4.41. The number of esters is 2. The highest BCUT2D eigenvalue weighted by Gasteiger charge is 2.27. The van der Waals surface area contributed by atoms with Gasteiger partial charge in [0.15, 0.2) is 6.10 Å². The van der Waals surface area contributed by atoms with Gasteiger partial charge in [0, 0.05) is 12.8 Å². The first-order chi connectivity index (χ1) is 37.0. The van der Waals surface area contributed by atoms with Gasteiger partial charge < -0.3 is 18.9 Å². The second-order valence-electron chi connectivity index (χ2n) is 19.6. The zero-order valence-corrected chi connectivity index (χ0v) is 49.1. The molecule has 0 radical (unpaired) electrons. The Morgan fingerprint density at radius 2 is 0.737 bits per heavy atom. The quantitative estimate of drug-likeness (QED) is 0.0211. The molecule has 2 unspecified atom stereocenters. The van der Waals surface area contributed by atoms with E-state index in [1.807, 2.05) is 33.3 Å². The van der Waals surface area contributed by atoms with Crippen LogP contribution in [0.3, 0.4) is 0 Å². The van der Waals surface area contributed by atoms with E-state index in [0.29, 0.717) is 23.9 Å². The average Bonchev–Trinajstić information content (AvgIpc) is 3.38. The average molecular weight is 1070 g/mol. The van der Waals surface area contributed by atoms with Crippen LogP contribution in [0.1, 0.15) is 181 Å². The van der Waals surface area contributed by atoms with E-state index in [2.05, 4.69) is 172 Å². The monoisotopic (exact) mass is 1070 g/mol. The first kappa shape index (κ1) is 71.4. The van der Waals surface area contributed by atoms with Crippen molar-refractivity contribution in [1.82, 2.24) is 0 Å². The number of allylic oxidation sites excluding steroid dienone is 28. The summed E-state index contributed by atoms with van der Waals surface area (Å²) in [5, 5.41) is 0. The van der Waals surface area contributed by atoms with Crippen molar-refractivity contribution in [3.05, 3.63) is 170 Å². The minimum absolute atomic E-state index is 0.0101. The van der Waals surface area contributed by atoms with Gasteiger partial charge in [0.2, 0.25) is 0 Å². The standard InChI is InChI=1S/C66H104NO8P/c1-6-8-10-12-14-16-18-20-21-22-23-24-25-26-27-28-29-30-31-32-33-34-35-36-37-38-39-40-41-42-43-44-45-47-49-51-53-55-57-59-66(69)75-64(63-74-76(70,71)73-61-60-67(3,4)5)62-72-65(68)58-56-54-52-50-48-46-19-17-15-13-11-9-7-2/h8-11,14-17,20-21,23-24,26-27,29-30,32-33,35-36,38-39,41-42,46,48,52,54,64H,6-7,12-13,18-19,22,25,28,31,34,37,40,43-45,47,49-51,53,55-63H2,1-5H3/p+1/b10-8-,11-9-,16-14-,17-15-,21-20-,24-23-,27-26-,30-29-,33-32-,36-35-,39-38-,42-41-,48-46-,54-52-. The summed E-state index contributed by atoms with van der Waals surface area (Å²) in [7, 11) is 1.41.